The van der Waals surface area contributed by atoms with Gasteiger partial charge >= 0.3 is 21.4 Å². The Hall–Kier alpha value is -1.76. The van der Waals surface area contributed by atoms with E-state index in [9.17, 15) is 23.9 Å². The van der Waals surface area contributed by atoms with Crippen molar-refractivity contribution in [1.82, 2.24) is 9.97 Å². The third-order valence-corrected chi connectivity index (χ3v) is 8.77. The quantitative estimate of drug-likeness (QED) is 0.170. The van der Waals surface area contributed by atoms with Crippen LogP contribution >= 0.6 is 26.8 Å². The molecule has 0 bridgehead atoms. The average Bonchev–Trinajstić information content (AvgIpc) is 2.96. The molecule has 0 aliphatic heterocycles. The molecule has 0 amide bonds. The lowest BCUT2D eigenvalue weighted by atomic mass is 10.1. The van der Waals surface area contributed by atoms with Crippen molar-refractivity contribution in [3.05, 3.63) is 33.2 Å². The number of aliphatic hydroxyl groups excluding tert-OH is 1. The molecular weight excluding hydrogens is 498 g/mol. The summed E-state index contributed by atoms with van der Waals surface area (Å²) in [5, 5.41) is 20.0. The molecule has 0 radical (unpaired) electrons. The highest BCUT2D eigenvalue weighted by Crippen LogP contribution is 2.57. The molecule has 0 fully saturated rings. The minimum Gasteiger partial charge on any atom is -0.481 e. The number of carbonyl (C=O) groups is 1. The van der Waals surface area contributed by atoms with Crippen LogP contribution in [-0.4, -0.2) is 47.0 Å². The number of aromatic nitrogens is 3. The Morgan fingerprint density at radius 2 is 1.97 bits per heavy atom. The monoisotopic (exact) mass is 525 g/mol. The van der Waals surface area contributed by atoms with Gasteiger partial charge in [0.25, 0.3) is 5.01 Å². The number of thiazole rings is 1. The van der Waals surface area contributed by atoms with Gasteiger partial charge in [0.05, 0.1) is 16.6 Å². The number of hydrogen-bond donors (Lipinski definition) is 6. The maximum absolute atomic E-state index is 12.0. The number of carboxylic acid groups (broad SMARTS) is 1. The number of hydrogen-bond acceptors (Lipinski definition) is 9. The first-order chi connectivity index (χ1) is 15.2. The molecule has 13 nitrogen and oxygen atoms in total. The van der Waals surface area contributed by atoms with E-state index >= 15 is 0 Å². The van der Waals surface area contributed by atoms with E-state index in [0.717, 1.165) is 11.3 Å². The van der Waals surface area contributed by atoms with Crippen LogP contribution in [0.1, 0.15) is 52.3 Å². The maximum atomic E-state index is 12.0. The lowest BCUT2D eigenvalue weighted by molar-refractivity contribution is -0.700. The third kappa shape index (κ3) is 8.51. The van der Waals surface area contributed by atoms with Gasteiger partial charge in [0.2, 0.25) is 0 Å². The normalized spacial score (nSPS) is 14.7. The van der Waals surface area contributed by atoms with Gasteiger partial charge in [-0.1, -0.05) is 11.3 Å². The third-order valence-electron chi connectivity index (χ3n) is 4.66. The SMILES string of the molecule is Cc1ncc(C[n+]2c(C(O)CCCC(=O)O)sc(CCP(=O)(O)OP(=O)(O)O)c2C)c(N)n1. The van der Waals surface area contributed by atoms with Crippen LogP contribution in [0.2, 0.25) is 0 Å². The molecule has 184 valence electrons. The summed E-state index contributed by atoms with van der Waals surface area (Å²) in [7, 11) is -9.72. The Morgan fingerprint density at radius 1 is 1.30 bits per heavy atom. The van der Waals surface area contributed by atoms with Crippen LogP contribution in [0.15, 0.2) is 6.20 Å². The molecule has 0 aliphatic carbocycles. The van der Waals surface area contributed by atoms with Gasteiger partial charge in [0.1, 0.15) is 17.7 Å². The highest BCUT2D eigenvalue weighted by Gasteiger charge is 2.34. The number of aryl methyl sites for hydroxylation is 2. The van der Waals surface area contributed by atoms with Crippen molar-refractivity contribution < 1.29 is 47.7 Å². The molecule has 0 spiro atoms. The molecule has 0 saturated heterocycles. The second kappa shape index (κ2) is 11.1. The summed E-state index contributed by atoms with van der Waals surface area (Å²) < 4.78 is 28.7. The topological polar surface area (TPSA) is 217 Å². The molecule has 7 N–H and O–H groups in total. The number of nitrogens with zero attached hydrogens (tertiary/aromatic N) is 3. The first-order valence-electron chi connectivity index (χ1n) is 9.77. The fourth-order valence-electron chi connectivity index (χ4n) is 3.07. The second-order valence-electron chi connectivity index (χ2n) is 7.35. The molecule has 2 atom stereocenters. The number of nitrogens with two attached hydrogens (primary N) is 1. The fourth-order valence-corrected chi connectivity index (χ4v) is 6.67. The van der Waals surface area contributed by atoms with Gasteiger partial charge in [-0.25, -0.2) is 18.8 Å². The van der Waals surface area contributed by atoms with E-state index in [-0.39, 0.29) is 38.0 Å². The van der Waals surface area contributed by atoms with E-state index in [1.165, 1.54) is 0 Å². The predicted octanol–water partition coefficient (Wildman–Crippen LogP) is 1.20. The van der Waals surface area contributed by atoms with E-state index in [0.29, 0.717) is 27.0 Å². The molecule has 2 heterocycles. The zero-order chi connectivity index (χ0) is 25.0. The van der Waals surface area contributed by atoms with Crippen molar-refractivity contribution in [3.63, 3.8) is 0 Å². The van der Waals surface area contributed by atoms with Crippen molar-refractivity contribution >= 4 is 38.5 Å². The van der Waals surface area contributed by atoms with Crippen LogP contribution in [0.5, 0.6) is 0 Å². The van der Waals surface area contributed by atoms with Crippen molar-refractivity contribution in [2.24, 2.45) is 0 Å². The Morgan fingerprint density at radius 3 is 2.55 bits per heavy atom. The van der Waals surface area contributed by atoms with Crippen LogP contribution in [0, 0.1) is 13.8 Å². The van der Waals surface area contributed by atoms with Gasteiger partial charge in [-0.2, -0.15) is 4.57 Å². The Bertz CT molecular complexity index is 1100. The van der Waals surface area contributed by atoms with Gasteiger partial charge in [0.15, 0.2) is 12.2 Å². The summed E-state index contributed by atoms with van der Waals surface area (Å²) in [6.45, 7) is 3.60. The zero-order valence-electron chi connectivity index (χ0n) is 18.0. The zero-order valence-corrected chi connectivity index (χ0v) is 20.6. The van der Waals surface area contributed by atoms with Crippen LogP contribution in [0.4, 0.5) is 5.82 Å². The summed E-state index contributed by atoms with van der Waals surface area (Å²) in [6.07, 6.45) is 0.238. The Labute approximate surface area is 193 Å². The number of rotatable bonds is 12. The number of nitrogen functional groups attached to an aromatic ring is 1. The molecule has 0 aromatic carbocycles. The number of phosphoric acid groups is 1. The summed E-state index contributed by atoms with van der Waals surface area (Å²) in [6, 6.07) is 0. The summed E-state index contributed by atoms with van der Waals surface area (Å²) in [4.78, 5) is 47.0. The average molecular weight is 525 g/mol. The van der Waals surface area contributed by atoms with E-state index in [1.807, 2.05) is 0 Å². The first-order valence-corrected chi connectivity index (χ1v) is 13.9. The highest BCUT2D eigenvalue weighted by atomic mass is 32.1. The smallest absolute Gasteiger partial charge is 0.476 e. The molecule has 33 heavy (non-hydrogen) atoms. The molecule has 0 saturated carbocycles. The van der Waals surface area contributed by atoms with Gasteiger partial charge in [-0.3, -0.25) is 9.36 Å². The first kappa shape index (κ1) is 27.5. The van der Waals surface area contributed by atoms with Crippen LogP contribution in [-0.2, 0) is 31.2 Å². The minimum absolute atomic E-state index is 0.0496. The van der Waals surface area contributed by atoms with Crippen LogP contribution in [0.25, 0.3) is 0 Å². The van der Waals surface area contributed by atoms with Crippen molar-refractivity contribution in [2.75, 3.05) is 11.9 Å². The summed E-state index contributed by atoms with van der Waals surface area (Å²) in [5.41, 5.74) is 7.20. The van der Waals surface area contributed by atoms with E-state index in [1.54, 1.807) is 24.6 Å². The lowest BCUT2D eigenvalue weighted by Crippen LogP contribution is -2.41. The lowest BCUT2D eigenvalue weighted by Gasteiger charge is -2.11. The molecule has 2 aromatic rings. The second-order valence-corrected chi connectivity index (χ2v) is 11.8. The largest absolute Gasteiger partial charge is 0.481 e. The molecule has 0 aliphatic rings. The van der Waals surface area contributed by atoms with Gasteiger partial charge < -0.3 is 30.6 Å². The minimum atomic E-state index is -5.15. The van der Waals surface area contributed by atoms with E-state index in [2.05, 4.69) is 14.3 Å². The molecule has 2 unspecified atom stereocenters. The van der Waals surface area contributed by atoms with Crippen LogP contribution < -0.4 is 10.3 Å². The molecular formula is C17H27N4O9P2S+. The molecule has 16 heteroatoms. The van der Waals surface area contributed by atoms with Crippen molar-refractivity contribution in [3.8, 4) is 0 Å². The number of aliphatic carboxylic acids is 1. The molecule has 2 aromatic heterocycles. The number of anilines is 1. The van der Waals surface area contributed by atoms with Crippen molar-refractivity contribution in [1.29, 1.82) is 0 Å². The van der Waals surface area contributed by atoms with Gasteiger partial charge in [-0.15, -0.1) is 0 Å². The summed E-state index contributed by atoms with van der Waals surface area (Å²) in [5.74, 6) is -0.239. The predicted molar refractivity (Wildman–Crippen MR) is 118 cm³/mol. The van der Waals surface area contributed by atoms with Crippen LogP contribution in [0.3, 0.4) is 0 Å². The van der Waals surface area contributed by atoms with Crippen molar-refractivity contribution in [2.45, 2.75) is 52.2 Å². The summed E-state index contributed by atoms with van der Waals surface area (Å²) >= 11 is 1.14. The number of aliphatic hydroxyl groups is 1. The van der Waals surface area contributed by atoms with E-state index < -0.39 is 33.7 Å². The fraction of sp³-hybridized carbons (Fsp3) is 0.529. The number of carboxylic acids is 1. The van der Waals surface area contributed by atoms with Gasteiger partial charge in [0, 0.05) is 19.5 Å². The Kier molecular flexibility index (Phi) is 9.25. The van der Waals surface area contributed by atoms with E-state index in [4.69, 9.17) is 20.6 Å². The standard InChI is InChI=1S/C17H26N4O9P2S/c1-10-14(6-7-31(25,26)30-32(27,28)29)33-17(13(22)4-3-5-15(23)24)21(10)9-12-8-19-11(2)20-16(12)18/h8,13,22H,3-7,9H2,1-2H3,(H5-,18,19,20,23,24,25,26,27,28,29)/p+1. The van der Waals surface area contributed by atoms with Gasteiger partial charge in [-0.05, 0) is 26.2 Å². The Balaban J connectivity index is 2.34. The maximum Gasteiger partial charge on any atom is 0.476 e. The highest BCUT2D eigenvalue weighted by molar-refractivity contribution is 7.63. The molecule has 2 rings (SSSR count).